The Morgan fingerprint density at radius 3 is 2.48 bits per heavy atom. The third-order valence-corrected chi connectivity index (χ3v) is 4.34. The standard InChI is InChI=1S/C21H28N2O2/c1-17-8-9-20(18(2)16-17)10-12-22-21(25)23(14-15-24)13-11-19-6-4-3-5-7-19/h3-9,16,24H,10-15H2,1-2H3,(H,22,25). The summed E-state index contributed by atoms with van der Waals surface area (Å²) in [6.45, 7) is 5.69. The van der Waals surface area contributed by atoms with Crippen LogP contribution in [0.3, 0.4) is 0 Å². The molecule has 0 fully saturated rings. The summed E-state index contributed by atoms with van der Waals surface area (Å²) < 4.78 is 0. The lowest BCUT2D eigenvalue weighted by atomic mass is 10.0. The summed E-state index contributed by atoms with van der Waals surface area (Å²) in [6, 6.07) is 16.3. The molecule has 4 nitrogen and oxygen atoms in total. The van der Waals surface area contributed by atoms with Gasteiger partial charge < -0.3 is 15.3 Å². The number of hydrogen-bond donors (Lipinski definition) is 2. The van der Waals surface area contributed by atoms with Gasteiger partial charge in [-0.2, -0.15) is 0 Å². The topological polar surface area (TPSA) is 52.6 Å². The zero-order chi connectivity index (χ0) is 18.1. The smallest absolute Gasteiger partial charge is 0.317 e. The molecule has 0 saturated heterocycles. The van der Waals surface area contributed by atoms with Gasteiger partial charge >= 0.3 is 6.03 Å². The number of aliphatic hydroxyl groups is 1. The second-order valence-corrected chi connectivity index (χ2v) is 6.36. The molecule has 2 aromatic rings. The number of carbonyl (C=O) groups is 1. The van der Waals surface area contributed by atoms with Crippen molar-refractivity contribution >= 4 is 6.03 Å². The number of amides is 2. The summed E-state index contributed by atoms with van der Waals surface area (Å²) in [7, 11) is 0. The largest absolute Gasteiger partial charge is 0.395 e. The third-order valence-electron chi connectivity index (χ3n) is 4.34. The van der Waals surface area contributed by atoms with E-state index in [1.165, 1.54) is 22.3 Å². The second kappa shape index (κ2) is 9.84. The number of aryl methyl sites for hydroxylation is 2. The first-order valence-electron chi connectivity index (χ1n) is 8.84. The van der Waals surface area contributed by atoms with Crippen LogP contribution in [0.4, 0.5) is 4.79 Å². The van der Waals surface area contributed by atoms with Gasteiger partial charge in [-0.25, -0.2) is 4.79 Å². The molecule has 2 amide bonds. The van der Waals surface area contributed by atoms with E-state index in [1.54, 1.807) is 4.90 Å². The highest BCUT2D eigenvalue weighted by Crippen LogP contribution is 2.10. The van der Waals surface area contributed by atoms with Crippen LogP contribution in [0.15, 0.2) is 48.5 Å². The van der Waals surface area contributed by atoms with Gasteiger partial charge in [-0.15, -0.1) is 0 Å². The van der Waals surface area contributed by atoms with E-state index < -0.39 is 0 Å². The van der Waals surface area contributed by atoms with Crippen LogP contribution >= 0.6 is 0 Å². The van der Waals surface area contributed by atoms with E-state index in [2.05, 4.69) is 49.5 Å². The van der Waals surface area contributed by atoms with E-state index in [0.717, 1.165) is 12.8 Å². The lowest BCUT2D eigenvalue weighted by molar-refractivity contribution is 0.178. The Morgan fingerprint density at radius 1 is 1.04 bits per heavy atom. The molecule has 0 unspecified atom stereocenters. The molecule has 0 heterocycles. The summed E-state index contributed by atoms with van der Waals surface area (Å²) in [6.07, 6.45) is 1.59. The van der Waals surface area contributed by atoms with Crippen molar-refractivity contribution in [1.29, 1.82) is 0 Å². The average Bonchev–Trinajstić information content (AvgIpc) is 2.61. The molecular weight excluding hydrogens is 312 g/mol. The summed E-state index contributed by atoms with van der Waals surface area (Å²) in [5.41, 5.74) is 4.95. The quantitative estimate of drug-likeness (QED) is 0.776. The normalized spacial score (nSPS) is 10.5. The van der Waals surface area contributed by atoms with E-state index in [-0.39, 0.29) is 12.6 Å². The fourth-order valence-corrected chi connectivity index (χ4v) is 2.89. The van der Waals surface area contributed by atoms with Crippen LogP contribution in [0, 0.1) is 13.8 Å². The van der Waals surface area contributed by atoms with Crippen LogP contribution in [0.1, 0.15) is 22.3 Å². The molecule has 2 aromatic carbocycles. The van der Waals surface area contributed by atoms with Gasteiger partial charge in [0.05, 0.1) is 6.61 Å². The van der Waals surface area contributed by atoms with E-state index in [0.29, 0.717) is 19.6 Å². The number of carbonyl (C=O) groups excluding carboxylic acids is 1. The molecule has 0 bridgehead atoms. The molecule has 4 heteroatoms. The summed E-state index contributed by atoms with van der Waals surface area (Å²) in [4.78, 5) is 14.1. The first-order valence-corrected chi connectivity index (χ1v) is 8.84. The maximum Gasteiger partial charge on any atom is 0.317 e. The van der Waals surface area contributed by atoms with E-state index in [9.17, 15) is 9.90 Å². The fourth-order valence-electron chi connectivity index (χ4n) is 2.89. The Kier molecular flexibility index (Phi) is 7.48. The van der Waals surface area contributed by atoms with Crippen LogP contribution in [0.5, 0.6) is 0 Å². The maximum absolute atomic E-state index is 12.4. The van der Waals surface area contributed by atoms with E-state index >= 15 is 0 Å². The van der Waals surface area contributed by atoms with Crippen molar-refractivity contribution in [3.05, 3.63) is 70.8 Å². The van der Waals surface area contributed by atoms with Crippen LogP contribution in [0.2, 0.25) is 0 Å². The molecule has 2 N–H and O–H groups in total. The van der Waals surface area contributed by atoms with Crippen LogP contribution < -0.4 is 5.32 Å². The minimum Gasteiger partial charge on any atom is -0.395 e. The lowest BCUT2D eigenvalue weighted by Crippen LogP contribution is -2.43. The molecule has 0 radical (unpaired) electrons. The van der Waals surface area contributed by atoms with Gasteiger partial charge in [0.2, 0.25) is 0 Å². The number of urea groups is 1. The van der Waals surface area contributed by atoms with Crippen LogP contribution in [-0.4, -0.2) is 42.3 Å². The molecule has 0 saturated carbocycles. The fraction of sp³-hybridized carbons (Fsp3) is 0.381. The van der Waals surface area contributed by atoms with Gasteiger partial charge in [0, 0.05) is 19.6 Å². The molecule has 0 aliphatic heterocycles. The third kappa shape index (κ3) is 6.24. The van der Waals surface area contributed by atoms with Gasteiger partial charge in [-0.1, -0.05) is 54.1 Å². The molecule has 0 aliphatic rings. The number of nitrogens with zero attached hydrogens (tertiary/aromatic N) is 1. The Labute approximate surface area is 150 Å². The number of benzene rings is 2. The molecule has 0 spiro atoms. The van der Waals surface area contributed by atoms with E-state index in [4.69, 9.17) is 0 Å². The summed E-state index contributed by atoms with van der Waals surface area (Å²) in [5, 5.41) is 12.2. The Hall–Kier alpha value is -2.33. The van der Waals surface area contributed by atoms with Crippen molar-refractivity contribution < 1.29 is 9.90 Å². The number of rotatable bonds is 8. The predicted octanol–water partition coefficient (Wildman–Crippen LogP) is 3.09. The SMILES string of the molecule is Cc1ccc(CCNC(=O)N(CCO)CCc2ccccc2)c(C)c1. The minimum atomic E-state index is -0.116. The van der Waals surface area contributed by atoms with Crippen molar-refractivity contribution in [2.45, 2.75) is 26.7 Å². The van der Waals surface area contributed by atoms with Crippen molar-refractivity contribution in [1.82, 2.24) is 10.2 Å². The zero-order valence-corrected chi connectivity index (χ0v) is 15.2. The highest BCUT2D eigenvalue weighted by atomic mass is 16.3. The van der Waals surface area contributed by atoms with Crippen LogP contribution in [-0.2, 0) is 12.8 Å². The highest BCUT2D eigenvalue weighted by molar-refractivity contribution is 5.74. The van der Waals surface area contributed by atoms with Gasteiger partial charge in [0.1, 0.15) is 0 Å². The second-order valence-electron chi connectivity index (χ2n) is 6.36. The van der Waals surface area contributed by atoms with Crippen molar-refractivity contribution in [2.75, 3.05) is 26.2 Å². The molecule has 134 valence electrons. The van der Waals surface area contributed by atoms with Crippen molar-refractivity contribution in [3.63, 3.8) is 0 Å². The monoisotopic (exact) mass is 340 g/mol. The highest BCUT2D eigenvalue weighted by Gasteiger charge is 2.12. The van der Waals surface area contributed by atoms with E-state index in [1.807, 2.05) is 18.2 Å². The number of aliphatic hydroxyl groups excluding tert-OH is 1. The molecular formula is C21H28N2O2. The Morgan fingerprint density at radius 2 is 1.80 bits per heavy atom. The van der Waals surface area contributed by atoms with Gasteiger partial charge in [0.15, 0.2) is 0 Å². The molecule has 0 aromatic heterocycles. The average molecular weight is 340 g/mol. The van der Waals surface area contributed by atoms with Crippen LogP contribution in [0.25, 0.3) is 0 Å². The first kappa shape index (κ1) is 19.0. The summed E-state index contributed by atoms with van der Waals surface area (Å²) >= 11 is 0. The maximum atomic E-state index is 12.4. The lowest BCUT2D eigenvalue weighted by Gasteiger charge is -2.22. The zero-order valence-electron chi connectivity index (χ0n) is 15.2. The van der Waals surface area contributed by atoms with Crippen molar-refractivity contribution in [3.8, 4) is 0 Å². The molecule has 0 aliphatic carbocycles. The number of nitrogens with one attached hydrogen (secondary N) is 1. The summed E-state index contributed by atoms with van der Waals surface area (Å²) in [5.74, 6) is 0. The van der Waals surface area contributed by atoms with Crippen molar-refractivity contribution in [2.24, 2.45) is 0 Å². The van der Waals surface area contributed by atoms with Gasteiger partial charge in [0.25, 0.3) is 0 Å². The predicted molar refractivity (Wildman–Crippen MR) is 102 cm³/mol. The van der Waals surface area contributed by atoms with Gasteiger partial charge in [-0.05, 0) is 43.4 Å². The van der Waals surface area contributed by atoms with Gasteiger partial charge in [-0.3, -0.25) is 0 Å². The number of hydrogen-bond acceptors (Lipinski definition) is 2. The molecule has 2 rings (SSSR count). The first-order chi connectivity index (χ1) is 12.1. The Bertz CT molecular complexity index is 671. The minimum absolute atomic E-state index is 0.0285. The Balaban J connectivity index is 1.82. The molecule has 25 heavy (non-hydrogen) atoms. The molecule has 0 atom stereocenters.